The van der Waals surface area contributed by atoms with Crippen LogP contribution in [0.5, 0.6) is 0 Å². The molecule has 1 aromatic carbocycles. The second-order valence-electron chi connectivity index (χ2n) is 7.63. The number of aromatic nitrogens is 3. The minimum atomic E-state index is -0.553. The molecule has 2 saturated heterocycles. The number of piperidine rings is 1. The number of urea groups is 1. The molecular formula is C21H21ClN8O2. The van der Waals surface area contributed by atoms with E-state index in [1.165, 1.54) is 0 Å². The summed E-state index contributed by atoms with van der Waals surface area (Å²) < 4.78 is 1.70. The van der Waals surface area contributed by atoms with Gasteiger partial charge in [-0.25, -0.2) is 9.78 Å². The van der Waals surface area contributed by atoms with Gasteiger partial charge in [-0.3, -0.25) is 10.1 Å². The highest BCUT2D eigenvalue weighted by atomic mass is 35.5. The molecule has 2 aliphatic heterocycles. The van der Waals surface area contributed by atoms with E-state index in [0.29, 0.717) is 28.1 Å². The van der Waals surface area contributed by atoms with Gasteiger partial charge < -0.3 is 21.3 Å². The lowest BCUT2D eigenvalue weighted by Crippen LogP contribution is -2.35. The fourth-order valence-corrected chi connectivity index (χ4v) is 3.97. The smallest absolute Gasteiger partial charge is 0.326 e. The Labute approximate surface area is 188 Å². The molecule has 2 aliphatic rings. The SMILES string of the molecule is O=C1NC(=O)C(=Cc2cnn3c(NC4CCNCC4)cc(Nc4cccc(Cl)c4)nc23)N1. The summed E-state index contributed by atoms with van der Waals surface area (Å²) in [6.45, 7) is 1.90. The van der Waals surface area contributed by atoms with Crippen molar-refractivity contribution in [3.8, 4) is 0 Å². The topological polar surface area (TPSA) is 124 Å². The van der Waals surface area contributed by atoms with Gasteiger partial charge in [-0.05, 0) is 50.2 Å². The monoisotopic (exact) mass is 452 g/mol. The third-order valence-electron chi connectivity index (χ3n) is 5.31. The number of nitrogens with one attached hydrogen (secondary N) is 5. The number of carbonyl (C=O) groups excluding carboxylic acids is 2. The van der Waals surface area contributed by atoms with Gasteiger partial charge in [0, 0.05) is 28.4 Å². The minimum Gasteiger partial charge on any atom is -0.367 e. The molecule has 11 heteroatoms. The number of imide groups is 1. The number of benzene rings is 1. The summed E-state index contributed by atoms with van der Waals surface area (Å²) in [7, 11) is 0. The highest BCUT2D eigenvalue weighted by Gasteiger charge is 2.24. The van der Waals surface area contributed by atoms with Gasteiger partial charge >= 0.3 is 6.03 Å². The summed E-state index contributed by atoms with van der Waals surface area (Å²) in [5.74, 6) is 0.878. The summed E-state index contributed by atoms with van der Waals surface area (Å²) in [5.41, 5.74) is 2.08. The number of rotatable bonds is 5. The van der Waals surface area contributed by atoms with Gasteiger partial charge in [-0.15, -0.1) is 0 Å². The molecule has 0 radical (unpaired) electrons. The molecule has 3 amide bonds. The molecule has 2 aromatic heterocycles. The third kappa shape index (κ3) is 4.23. The first-order chi connectivity index (χ1) is 15.5. The molecule has 4 heterocycles. The molecule has 164 valence electrons. The van der Waals surface area contributed by atoms with E-state index in [1.54, 1.807) is 22.9 Å². The fraction of sp³-hybridized carbons (Fsp3) is 0.238. The van der Waals surface area contributed by atoms with Crippen LogP contribution in [0.2, 0.25) is 5.02 Å². The van der Waals surface area contributed by atoms with Crippen LogP contribution < -0.4 is 26.6 Å². The average Bonchev–Trinajstić information content (AvgIpc) is 3.31. The van der Waals surface area contributed by atoms with E-state index in [0.717, 1.165) is 37.4 Å². The Balaban J connectivity index is 1.55. The second kappa shape index (κ2) is 8.48. The number of fused-ring (bicyclic) bond motifs is 1. The average molecular weight is 453 g/mol. The van der Waals surface area contributed by atoms with Crippen molar-refractivity contribution < 1.29 is 9.59 Å². The predicted molar refractivity (Wildman–Crippen MR) is 122 cm³/mol. The van der Waals surface area contributed by atoms with E-state index < -0.39 is 11.9 Å². The van der Waals surface area contributed by atoms with Crippen LogP contribution in [0, 0.1) is 0 Å². The highest BCUT2D eigenvalue weighted by Crippen LogP contribution is 2.25. The summed E-state index contributed by atoms with van der Waals surface area (Å²) in [6.07, 6.45) is 5.16. The zero-order chi connectivity index (χ0) is 22.1. The van der Waals surface area contributed by atoms with Crippen molar-refractivity contribution in [3.63, 3.8) is 0 Å². The van der Waals surface area contributed by atoms with Crippen molar-refractivity contribution in [2.45, 2.75) is 18.9 Å². The second-order valence-corrected chi connectivity index (χ2v) is 8.07. The van der Waals surface area contributed by atoms with E-state index in [4.69, 9.17) is 16.6 Å². The number of hydrogen-bond acceptors (Lipinski definition) is 7. The first-order valence-electron chi connectivity index (χ1n) is 10.3. The van der Waals surface area contributed by atoms with Gasteiger partial charge in [0.1, 0.15) is 17.3 Å². The maximum absolute atomic E-state index is 12.0. The summed E-state index contributed by atoms with van der Waals surface area (Å²) in [4.78, 5) is 28.1. The Hall–Kier alpha value is -3.63. The van der Waals surface area contributed by atoms with E-state index in [-0.39, 0.29) is 5.70 Å². The molecule has 0 spiro atoms. The van der Waals surface area contributed by atoms with Crippen LogP contribution in [0.4, 0.5) is 22.1 Å². The fourth-order valence-electron chi connectivity index (χ4n) is 3.78. The number of amides is 3. The normalized spacial score (nSPS) is 18.1. The first kappa shape index (κ1) is 20.3. The Morgan fingerprint density at radius 3 is 2.75 bits per heavy atom. The van der Waals surface area contributed by atoms with Crippen molar-refractivity contribution in [3.05, 3.63) is 52.8 Å². The van der Waals surface area contributed by atoms with Crippen LogP contribution in [0.1, 0.15) is 18.4 Å². The lowest BCUT2D eigenvalue weighted by Gasteiger charge is -2.25. The Morgan fingerprint density at radius 2 is 2.00 bits per heavy atom. The van der Waals surface area contributed by atoms with Crippen molar-refractivity contribution >= 4 is 52.6 Å². The standard InChI is InChI=1S/C21H21ClN8O2/c22-13-2-1-3-15(9-13)25-17-10-18(26-14-4-6-23-7-5-14)30-19(28-17)12(11-24-30)8-16-20(31)29-21(32)27-16/h1-3,8-11,14,23,26H,4-7H2,(H,25,28)(H2,27,29,31,32). The first-order valence-corrected chi connectivity index (χ1v) is 10.7. The molecule has 5 rings (SSSR count). The van der Waals surface area contributed by atoms with Crippen molar-refractivity contribution in [2.24, 2.45) is 0 Å². The number of halogens is 1. The lowest BCUT2D eigenvalue weighted by atomic mass is 10.1. The molecule has 10 nitrogen and oxygen atoms in total. The van der Waals surface area contributed by atoms with Crippen LogP contribution >= 0.6 is 11.6 Å². The largest absolute Gasteiger partial charge is 0.367 e. The van der Waals surface area contributed by atoms with E-state index in [2.05, 4.69) is 31.7 Å². The Morgan fingerprint density at radius 1 is 1.16 bits per heavy atom. The van der Waals surface area contributed by atoms with Gasteiger partial charge in [0.05, 0.1) is 6.20 Å². The molecule has 0 atom stereocenters. The summed E-state index contributed by atoms with van der Waals surface area (Å²) >= 11 is 6.12. The lowest BCUT2D eigenvalue weighted by molar-refractivity contribution is -0.115. The van der Waals surface area contributed by atoms with E-state index in [9.17, 15) is 9.59 Å². The van der Waals surface area contributed by atoms with Gasteiger partial charge in [0.25, 0.3) is 5.91 Å². The zero-order valence-electron chi connectivity index (χ0n) is 17.0. The van der Waals surface area contributed by atoms with Crippen molar-refractivity contribution in [1.82, 2.24) is 30.5 Å². The minimum absolute atomic E-state index is 0.146. The van der Waals surface area contributed by atoms with Crippen LogP contribution in [0.3, 0.4) is 0 Å². The molecule has 3 aromatic rings. The van der Waals surface area contributed by atoms with E-state index in [1.807, 2.05) is 24.3 Å². The van der Waals surface area contributed by atoms with Crippen LogP contribution in [0.25, 0.3) is 11.7 Å². The van der Waals surface area contributed by atoms with E-state index >= 15 is 0 Å². The van der Waals surface area contributed by atoms with Gasteiger partial charge in [0.2, 0.25) is 0 Å². The molecular weight excluding hydrogens is 432 g/mol. The predicted octanol–water partition coefficient (Wildman–Crippen LogP) is 2.47. The van der Waals surface area contributed by atoms with Crippen molar-refractivity contribution in [1.29, 1.82) is 0 Å². The Bertz CT molecular complexity index is 1230. The number of anilines is 3. The number of carbonyl (C=O) groups is 2. The molecule has 5 N–H and O–H groups in total. The Kier molecular flexibility index (Phi) is 5.38. The molecule has 0 unspecified atom stereocenters. The van der Waals surface area contributed by atoms with Gasteiger partial charge in [-0.2, -0.15) is 9.61 Å². The number of nitrogens with zero attached hydrogens (tertiary/aromatic N) is 3. The van der Waals surface area contributed by atoms with Gasteiger partial charge in [-0.1, -0.05) is 17.7 Å². The van der Waals surface area contributed by atoms with Gasteiger partial charge in [0.15, 0.2) is 5.65 Å². The number of hydrogen-bond donors (Lipinski definition) is 5. The quantitative estimate of drug-likeness (QED) is 0.297. The summed E-state index contributed by atoms with van der Waals surface area (Å²) in [5, 5.41) is 20.0. The summed E-state index contributed by atoms with van der Waals surface area (Å²) in [6, 6.07) is 9.00. The molecule has 0 bridgehead atoms. The molecule has 0 saturated carbocycles. The van der Waals surface area contributed by atoms with Crippen LogP contribution in [-0.2, 0) is 4.79 Å². The molecule has 2 fully saturated rings. The highest BCUT2D eigenvalue weighted by molar-refractivity contribution is 6.30. The molecule has 32 heavy (non-hydrogen) atoms. The maximum Gasteiger partial charge on any atom is 0.326 e. The molecule has 0 aliphatic carbocycles. The van der Waals surface area contributed by atoms with Crippen LogP contribution in [-0.4, -0.2) is 45.7 Å². The van der Waals surface area contributed by atoms with Crippen molar-refractivity contribution in [2.75, 3.05) is 23.7 Å². The zero-order valence-corrected chi connectivity index (χ0v) is 17.7. The maximum atomic E-state index is 12.0. The van der Waals surface area contributed by atoms with Crippen LogP contribution in [0.15, 0.2) is 42.2 Å². The third-order valence-corrected chi connectivity index (χ3v) is 5.54.